The highest BCUT2D eigenvalue weighted by molar-refractivity contribution is 7.07. The number of aromatic nitrogens is 1. The Hall–Kier alpha value is -3.03. The minimum absolute atomic E-state index is 0.183. The summed E-state index contributed by atoms with van der Waals surface area (Å²) in [5, 5.41) is 0.410. The predicted molar refractivity (Wildman–Crippen MR) is 118 cm³/mol. The van der Waals surface area contributed by atoms with Crippen molar-refractivity contribution in [1.29, 1.82) is 0 Å². The lowest BCUT2D eigenvalue weighted by molar-refractivity contribution is -0.139. The first kappa shape index (κ1) is 21.2. The van der Waals surface area contributed by atoms with Crippen LogP contribution in [0.2, 0.25) is 5.02 Å². The average Bonchev–Trinajstić information content (AvgIpc) is 3.04. The van der Waals surface area contributed by atoms with Crippen LogP contribution < -0.4 is 14.9 Å². The van der Waals surface area contributed by atoms with E-state index in [0.29, 0.717) is 31.2 Å². The van der Waals surface area contributed by atoms with Crippen LogP contribution >= 0.6 is 22.9 Å². The third-order valence-electron chi connectivity index (χ3n) is 4.91. The summed E-state index contributed by atoms with van der Waals surface area (Å²) < 4.78 is 21.1. The molecule has 1 aromatic heterocycles. The number of esters is 1. The number of carbonyl (C=O) groups excluding carboxylic acids is 1. The molecule has 5 nitrogen and oxygen atoms in total. The van der Waals surface area contributed by atoms with E-state index in [2.05, 4.69) is 4.99 Å². The Morgan fingerprint density at radius 1 is 1.26 bits per heavy atom. The third kappa shape index (κ3) is 3.86. The summed E-state index contributed by atoms with van der Waals surface area (Å²) in [7, 11) is 0. The van der Waals surface area contributed by atoms with Gasteiger partial charge in [0.05, 0.1) is 22.4 Å². The van der Waals surface area contributed by atoms with E-state index in [9.17, 15) is 14.0 Å². The number of hydrogen-bond acceptors (Lipinski definition) is 5. The van der Waals surface area contributed by atoms with Gasteiger partial charge in [-0.1, -0.05) is 59.3 Å². The van der Waals surface area contributed by atoms with E-state index in [1.54, 1.807) is 56.3 Å². The molecule has 1 atom stereocenters. The Morgan fingerprint density at radius 2 is 1.97 bits per heavy atom. The summed E-state index contributed by atoms with van der Waals surface area (Å²) in [6.07, 6.45) is 1.49. The molecule has 0 bridgehead atoms. The van der Waals surface area contributed by atoms with Crippen LogP contribution in [0.4, 0.5) is 4.39 Å². The Labute approximate surface area is 186 Å². The second kappa shape index (κ2) is 8.61. The predicted octanol–water partition coefficient (Wildman–Crippen LogP) is 3.59. The van der Waals surface area contributed by atoms with E-state index in [1.807, 2.05) is 0 Å². The van der Waals surface area contributed by atoms with Gasteiger partial charge in [0.15, 0.2) is 4.80 Å². The molecule has 0 saturated carbocycles. The number of ether oxygens (including phenoxy) is 1. The van der Waals surface area contributed by atoms with Crippen molar-refractivity contribution in [1.82, 2.24) is 4.57 Å². The van der Waals surface area contributed by atoms with Gasteiger partial charge in [0.25, 0.3) is 5.56 Å². The van der Waals surface area contributed by atoms with Gasteiger partial charge in [-0.05, 0) is 37.6 Å². The molecule has 0 unspecified atom stereocenters. The van der Waals surface area contributed by atoms with Crippen LogP contribution in [0.3, 0.4) is 0 Å². The van der Waals surface area contributed by atoms with Crippen LogP contribution in [0.1, 0.15) is 31.0 Å². The number of hydrogen-bond donors (Lipinski definition) is 0. The van der Waals surface area contributed by atoms with Crippen LogP contribution in [-0.4, -0.2) is 17.1 Å². The van der Waals surface area contributed by atoms with Crippen molar-refractivity contribution < 1.29 is 13.9 Å². The number of benzene rings is 2. The van der Waals surface area contributed by atoms with E-state index in [4.69, 9.17) is 16.3 Å². The molecule has 31 heavy (non-hydrogen) atoms. The largest absolute Gasteiger partial charge is 0.463 e. The van der Waals surface area contributed by atoms with Crippen molar-refractivity contribution in [3.63, 3.8) is 0 Å². The van der Waals surface area contributed by atoms with Crippen molar-refractivity contribution >= 4 is 35.0 Å². The first-order valence-electron chi connectivity index (χ1n) is 9.61. The maximum Gasteiger partial charge on any atom is 0.338 e. The summed E-state index contributed by atoms with van der Waals surface area (Å²) in [6, 6.07) is 12.4. The molecular formula is C23H18ClFN2O3S. The van der Waals surface area contributed by atoms with Crippen molar-refractivity contribution in [3.8, 4) is 0 Å². The fourth-order valence-electron chi connectivity index (χ4n) is 3.52. The summed E-state index contributed by atoms with van der Waals surface area (Å²) in [5.41, 5.74) is 1.19. The number of carbonyl (C=O) groups is 1. The molecule has 8 heteroatoms. The Morgan fingerprint density at radius 3 is 2.68 bits per heavy atom. The summed E-state index contributed by atoms with van der Waals surface area (Å²) in [6.45, 7) is 3.59. The molecule has 0 spiro atoms. The zero-order valence-electron chi connectivity index (χ0n) is 16.8. The van der Waals surface area contributed by atoms with Gasteiger partial charge in [0, 0.05) is 10.6 Å². The first-order valence-corrected chi connectivity index (χ1v) is 10.8. The van der Waals surface area contributed by atoms with E-state index >= 15 is 0 Å². The monoisotopic (exact) mass is 456 g/mol. The van der Waals surface area contributed by atoms with E-state index in [1.165, 1.54) is 16.7 Å². The summed E-state index contributed by atoms with van der Waals surface area (Å²) in [4.78, 5) is 31.1. The van der Waals surface area contributed by atoms with Crippen LogP contribution in [0.25, 0.3) is 6.08 Å². The topological polar surface area (TPSA) is 60.7 Å². The minimum Gasteiger partial charge on any atom is -0.463 e. The first-order chi connectivity index (χ1) is 14.9. The minimum atomic E-state index is -0.799. The lowest BCUT2D eigenvalue weighted by atomic mass is 9.96. The van der Waals surface area contributed by atoms with Crippen molar-refractivity contribution in [2.75, 3.05) is 6.61 Å². The highest BCUT2D eigenvalue weighted by atomic mass is 35.5. The number of halogens is 2. The number of nitrogens with zero attached hydrogens (tertiary/aromatic N) is 2. The number of fused-ring (bicyclic) bond motifs is 1. The van der Waals surface area contributed by atoms with Gasteiger partial charge in [-0.15, -0.1) is 0 Å². The quantitative estimate of drug-likeness (QED) is 0.564. The number of thiazole rings is 1. The fourth-order valence-corrected chi connectivity index (χ4v) is 4.79. The van der Waals surface area contributed by atoms with Gasteiger partial charge in [-0.2, -0.15) is 0 Å². The average molecular weight is 457 g/mol. The van der Waals surface area contributed by atoms with Gasteiger partial charge in [-0.25, -0.2) is 14.2 Å². The zero-order chi connectivity index (χ0) is 22.1. The number of rotatable bonds is 4. The van der Waals surface area contributed by atoms with E-state index < -0.39 is 17.8 Å². The molecule has 0 saturated heterocycles. The summed E-state index contributed by atoms with van der Waals surface area (Å²) >= 11 is 7.59. The molecule has 3 aromatic rings. The highest BCUT2D eigenvalue weighted by Gasteiger charge is 2.34. The second-order valence-electron chi connectivity index (χ2n) is 6.85. The van der Waals surface area contributed by atoms with Crippen molar-refractivity contribution in [2.45, 2.75) is 19.9 Å². The molecular weight excluding hydrogens is 439 g/mol. The smallest absolute Gasteiger partial charge is 0.338 e. The van der Waals surface area contributed by atoms with E-state index in [0.717, 1.165) is 11.3 Å². The molecule has 1 aliphatic heterocycles. The van der Waals surface area contributed by atoms with Gasteiger partial charge < -0.3 is 4.74 Å². The zero-order valence-corrected chi connectivity index (χ0v) is 18.3. The maximum atomic E-state index is 14.2. The van der Waals surface area contributed by atoms with Crippen LogP contribution in [0, 0.1) is 5.82 Å². The van der Waals surface area contributed by atoms with Crippen LogP contribution in [-0.2, 0) is 9.53 Å². The van der Waals surface area contributed by atoms with Crippen LogP contribution in [0.15, 0.2) is 69.6 Å². The maximum absolute atomic E-state index is 14.2. The van der Waals surface area contributed by atoms with Gasteiger partial charge >= 0.3 is 5.97 Å². The Kier molecular flexibility index (Phi) is 5.89. The Bertz CT molecular complexity index is 1390. The molecule has 158 valence electrons. The SMILES string of the molecule is CCOC(=O)C1=C(C)N=c2s/c(=C\c3ccccc3F)c(=O)n2[C@@H]1c1ccccc1Cl. The number of allylic oxidation sites excluding steroid dienone is 1. The molecule has 0 N–H and O–H groups in total. The van der Waals surface area contributed by atoms with Gasteiger partial charge in [0.1, 0.15) is 11.9 Å². The van der Waals surface area contributed by atoms with Crippen molar-refractivity contribution in [2.24, 2.45) is 4.99 Å². The standard InChI is InChI=1S/C23H18ClFN2O3S/c1-3-30-22(29)19-13(2)26-23-27(20(19)15-9-5-6-10-16(15)24)21(28)18(31-23)12-14-8-4-7-11-17(14)25/h4-12,20H,3H2,1-2H3/b18-12-/t20-/m1/s1. The highest BCUT2D eigenvalue weighted by Crippen LogP contribution is 2.34. The summed E-state index contributed by atoms with van der Waals surface area (Å²) in [5.74, 6) is -0.989. The third-order valence-corrected chi connectivity index (χ3v) is 6.24. The fraction of sp³-hybridized carbons (Fsp3) is 0.174. The van der Waals surface area contributed by atoms with E-state index in [-0.39, 0.29) is 17.7 Å². The lowest BCUT2D eigenvalue weighted by Gasteiger charge is -2.25. The second-order valence-corrected chi connectivity index (χ2v) is 8.26. The van der Waals surface area contributed by atoms with Gasteiger partial charge in [-0.3, -0.25) is 9.36 Å². The molecule has 1 aliphatic rings. The lowest BCUT2D eigenvalue weighted by Crippen LogP contribution is -2.40. The normalized spacial score (nSPS) is 16.1. The Balaban J connectivity index is 2.00. The van der Waals surface area contributed by atoms with Gasteiger partial charge in [0.2, 0.25) is 0 Å². The van der Waals surface area contributed by atoms with Crippen LogP contribution in [0.5, 0.6) is 0 Å². The molecule has 0 radical (unpaired) electrons. The molecule has 0 aliphatic carbocycles. The van der Waals surface area contributed by atoms with Crippen molar-refractivity contribution in [3.05, 3.63) is 101 Å². The molecule has 4 rings (SSSR count). The molecule has 0 fully saturated rings. The molecule has 0 amide bonds. The molecule has 2 heterocycles. The molecule has 2 aromatic carbocycles.